The van der Waals surface area contributed by atoms with Gasteiger partial charge < -0.3 is 4.74 Å². The van der Waals surface area contributed by atoms with E-state index >= 15 is 0 Å². The predicted octanol–water partition coefficient (Wildman–Crippen LogP) is 5.12. The number of esters is 1. The maximum absolute atomic E-state index is 12.0. The standard InChI is InChI=1S/C17H20O2S2/c1-17(2,3)14-10-12(15(21-14)16(18)19-4)11-20-13-8-6-5-7-9-13/h5-10H,11H2,1-4H3. The number of thioether (sulfide) groups is 1. The van der Waals surface area contributed by atoms with Gasteiger partial charge in [-0.1, -0.05) is 39.0 Å². The fourth-order valence-corrected chi connectivity index (χ4v) is 4.00. The third kappa shape index (κ3) is 4.11. The highest BCUT2D eigenvalue weighted by molar-refractivity contribution is 7.98. The van der Waals surface area contributed by atoms with Crippen LogP contribution >= 0.6 is 23.1 Å². The molecule has 0 fully saturated rings. The summed E-state index contributed by atoms with van der Waals surface area (Å²) in [6.07, 6.45) is 0. The molecule has 21 heavy (non-hydrogen) atoms. The summed E-state index contributed by atoms with van der Waals surface area (Å²) in [6.45, 7) is 6.48. The minimum absolute atomic E-state index is 0.0447. The van der Waals surface area contributed by atoms with Crippen LogP contribution < -0.4 is 0 Å². The molecule has 2 rings (SSSR count). The van der Waals surface area contributed by atoms with Crippen LogP contribution in [0, 0.1) is 0 Å². The molecule has 4 heteroatoms. The van der Waals surface area contributed by atoms with Gasteiger partial charge in [-0.2, -0.15) is 0 Å². The number of carbonyl (C=O) groups excluding carboxylic acids is 1. The van der Waals surface area contributed by atoms with Crippen molar-refractivity contribution in [3.8, 4) is 0 Å². The Hall–Kier alpha value is -1.26. The van der Waals surface area contributed by atoms with Gasteiger partial charge in [0.15, 0.2) is 0 Å². The van der Waals surface area contributed by atoms with Gasteiger partial charge in [-0.25, -0.2) is 4.79 Å². The summed E-state index contributed by atoms with van der Waals surface area (Å²) in [4.78, 5) is 15.1. The van der Waals surface area contributed by atoms with Gasteiger partial charge >= 0.3 is 5.97 Å². The lowest BCUT2D eigenvalue weighted by Gasteiger charge is -2.15. The zero-order chi connectivity index (χ0) is 15.5. The molecule has 2 nitrogen and oxygen atoms in total. The molecular formula is C17H20O2S2. The van der Waals surface area contributed by atoms with Crippen molar-refractivity contribution in [1.82, 2.24) is 0 Å². The fraction of sp³-hybridized carbons (Fsp3) is 0.353. The van der Waals surface area contributed by atoms with Gasteiger partial charge in [0.25, 0.3) is 0 Å². The molecule has 0 radical (unpaired) electrons. The number of rotatable bonds is 4. The molecule has 0 unspecified atom stereocenters. The van der Waals surface area contributed by atoms with E-state index in [-0.39, 0.29) is 11.4 Å². The molecular weight excluding hydrogens is 300 g/mol. The van der Waals surface area contributed by atoms with Crippen LogP contribution in [0.5, 0.6) is 0 Å². The van der Waals surface area contributed by atoms with Crippen molar-refractivity contribution in [2.45, 2.75) is 36.8 Å². The highest BCUT2D eigenvalue weighted by atomic mass is 32.2. The molecule has 2 aromatic rings. The quantitative estimate of drug-likeness (QED) is 0.577. The molecule has 112 valence electrons. The lowest BCUT2D eigenvalue weighted by molar-refractivity contribution is 0.0605. The Morgan fingerprint density at radius 1 is 1.24 bits per heavy atom. The Balaban J connectivity index is 2.24. The van der Waals surface area contributed by atoms with E-state index in [4.69, 9.17) is 4.74 Å². The largest absolute Gasteiger partial charge is 0.465 e. The predicted molar refractivity (Wildman–Crippen MR) is 90.4 cm³/mol. The molecule has 1 heterocycles. The van der Waals surface area contributed by atoms with Crippen molar-refractivity contribution in [2.75, 3.05) is 7.11 Å². The second-order valence-electron chi connectivity index (χ2n) is 5.81. The lowest BCUT2D eigenvalue weighted by atomic mass is 9.94. The minimum Gasteiger partial charge on any atom is -0.465 e. The van der Waals surface area contributed by atoms with Gasteiger partial charge in [-0.15, -0.1) is 23.1 Å². The van der Waals surface area contributed by atoms with Gasteiger partial charge in [0.2, 0.25) is 0 Å². The van der Waals surface area contributed by atoms with Gasteiger partial charge in [-0.05, 0) is 29.2 Å². The lowest BCUT2D eigenvalue weighted by Crippen LogP contribution is -2.08. The van der Waals surface area contributed by atoms with E-state index in [1.54, 1.807) is 23.1 Å². The van der Waals surface area contributed by atoms with Crippen molar-refractivity contribution in [1.29, 1.82) is 0 Å². The van der Waals surface area contributed by atoms with Crippen molar-refractivity contribution in [3.63, 3.8) is 0 Å². The Bertz CT molecular complexity index is 609. The van der Waals surface area contributed by atoms with E-state index in [1.807, 2.05) is 18.2 Å². The summed E-state index contributed by atoms with van der Waals surface area (Å²) in [5, 5.41) is 0. The van der Waals surface area contributed by atoms with Crippen molar-refractivity contribution in [3.05, 3.63) is 51.7 Å². The van der Waals surface area contributed by atoms with Gasteiger partial charge in [0.1, 0.15) is 4.88 Å². The van der Waals surface area contributed by atoms with Crippen LogP contribution in [0.25, 0.3) is 0 Å². The van der Waals surface area contributed by atoms with Crippen LogP contribution in [0.2, 0.25) is 0 Å². The van der Waals surface area contributed by atoms with Crippen molar-refractivity contribution < 1.29 is 9.53 Å². The summed E-state index contributed by atoms with van der Waals surface area (Å²) < 4.78 is 4.92. The molecule has 0 saturated carbocycles. The third-order valence-corrected chi connectivity index (χ3v) is 5.70. The number of carbonyl (C=O) groups is 1. The van der Waals surface area contributed by atoms with E-state index in [0.717, 1.165) is 16.2 Å². The topological polar surface area (TPSA) is 26.3 Å². The average molecular weight is 320 g/mol. The van der Waals surface area contributed by atoms with Crippen LogP contribution in [0.1, 0.15) is 40.9 Å². The first kappa shape index (κ1) is 16.1. The Kier molecular flexibility index (Phi) is 5.12. The van der Waals surface area contributed by atoms with Crippen molar-refractivity contribution >= 4 is 29.1 Å². The number of benzene rings is 1. The summed E-state index contributed by atoms with van der Waals surface area (Å²) in [6, 6.07) is 12.4. The number of ether oxygens (including phenoxy) is 1. The van der Waals surface area contributed by atoms with Crippen LogP contribution in [0.4, 0.5) is 0 Å². The molecule has 1 aromatic heterocycles. The van der Waals surface area contributed by atoms with Gasteiger partial charge in [0, 0.05) is 15.5 Å². The molecule has 0 spiro atoms. The zero-order valence-corrected chi connectivity index (χ0v) is 14.4. The minimum atomic E-state index is -0.237. The highest BCUT2D eigenvalue weighted by Gasteiger charge is 2.23. The zero-order valence-electron chi connectivity index (χ0n) is 12.8. The average Bonchev–Trinajstić information content (AvgIpc) is 2.89. The fourth-order valence-electron chi connectivity index (χ4n) is 1.85. The summed E-state index contributed by atoms with van der Waals surface area (Å²) >= 11 is 3.28. The highest BCUT2D eigenvalue weighted by Crippen LogP contribution is 2.35. The van der Waals surface area contributed by atoms with E-state index in [2.05, 4.69) is 39.0 Å². The summed E-state index contributed by atoms with van der Waals surface area (Å²) in [7, 11) is 1.44. The number of hydrogen-bond donors (Lipinski definition) is 0. The molecule has 0 aliphatic heterocycles. The van der Waals surface area contributed by atoms with E-state index in [9.17, 15) is 4.79 Å². The normalized spacial score (nSPS) is 11.4. The monoisotopic (exact) mass is 320 g/mol. The second kappa shape index (κ2) is 6.67. The summed E-state index contributed by atoms with van der Waals surface area (Å²) in [5.41, 5.74) is 1.11. The Morgan fingerprint density at radius 2 is 1.90 bits per heavy atom. The number of thiophene rings is 1. The molecule has 0 amide bonds. The Labute approximate surface area is 134 Å². The second-order valence-corrected chi connectivity index (χ2v) is 7.91. The SMILES string of the molecule is COC(=O)c1sc(C(C)(C)C)cc1CSc1ccccc1. The van der Waals surface area contributed by atoms with Gasteiger partial charge in [0.05, 0.1) is 7.11 Å². The maximum atomic E-state index is 12.0. The smallest absolute Gasteiger partial charge is 0.348 e. The van der Waals surface area contributed by atoms with Gasteiger partial charge in [-0.3, -0.25) is 0 Å². The maximum Gasteiger partial charge on any atom is 0.348 e. The first-order valence-electron chi connectivity index (χ1n) is 6.81. The Morgan fingerprint density at radius 3 is 2.48 bits per heavy atom. The summed E-state index contributed by atoms with van der Waals surface area (Å²) in [5.74, 6) is 0.542. The van der Waals surface area contributed by atoms with Crippen LogP contribution in [-0.2, 0) is 15.9 Å². The van der Waals surface area contributed by atoms with Crippen molar-refractivity contribution in [2.24, 2.45) is 0 Å². The van der Waals surface area contributed by atoms with Crippen LogP contribution in [0.3, 0.4) is 0 Å². The first-order valence-corrected chi connectivity index (χ1v) is 8.61. The molecule has 0 aliphatic carbocycles. The third-order valence-electron chi connectivity index (χ3n) is 3.06. The molecule has 1 aromatic carbocycles. The first-order chi connectivity index (χ1) is 9.91. The van der Waals surface area contributed by atoms with E-state index < -0.39 is 0 Å². The molecule has 0 aliphatic rings. The van der Waals surface area contributed by atoms with Crippen LogP contribution in [-0.4, -0.2) is 13.1 Å². The van der Waals surface area contributed by atoms with E-state index in [0.29, 0.717) is 0 Å². The molecule has 0 atom stereocenters. The van der Waals surface area contributed by atoms with E-state index in [1.165, 1.54) is 16.9 Å². The van der Waals surface area contributed by atoms with Crippen LogP contribution in [0.15, 0.2) is 41.3 Å². The molecule has 0 saturated heterocycles. The molecule has 0 N–H and O–H groups in total. The molecule has 0 bridgehead atoms. The number of hydrogen-bond acceptors (Lipinski definition) is 4. The number of methoxy groups -OCH3 is 1.